The molecule has 4 nitrogen and oxygen atoms in total. The van der Waals surface area contributed by atoms with Gasteiger partial charge in [0.15, 0.2) is 0 Å². The van der Waals surface area contributed by atoms with Crippen molar-refractivity contribution in [1.29, 1.82) is 0 Å². The Morgan fingerprint density at radius 2 is 1.23 bits per heavy atom. The van der Waals surface area contributed by atoms with E-state index in [-0.39, 0.29) is 28.5 Å². The van der Waals surface area contributed by atoms with Crippen LogP contribution in [0.15, 0.2) is 152 Å². The Kier molecular flexibility index (Phi) is 8.51. The van der Waals surface area contributed by atoms with E-state index in [9.17, 15) is 0 Å². The molecule has 2 aliphatic heterocycles. The number of hydrogen-bond acceptors (Lipinski definition) is 3. The molecule has 6 heteroatoms. The number of ether oxygens (including phenoxy) is 1. The zero-order valence-corrected chi connectivity index (χ0v) is 43.5. The van der Waals surface area contributed by atoms with Gasteiger partial charge in [-0.1, -0.05) is 140 Å². The van der Waals surface area contributed by atoms with E-state index in [2.05, 4.69) is 242 Å². The van der Waals surface area contributed by atoms with Gasteiger partial charge in [0.05, 0.1) is 27.9 Å². The number of thiophene rings is 1. The molecule has 0 bridgehead atoms. The Labute approximate surface area is 421 Å². The molecule has 0 radical (unpaired) electrons. The zero-order valence-electron chi connectivity index (χ0n) is 42.7. The number of rotatable bonds is 2. The number of anilines is 3. The van der Waals surface area contributed by atoms with E-state index >= 15 is 0 Å². The third kappa shape index (κ3) is 5.80. The van der Waals surface area contributed by atoms with Crippen molar-refractivity contribution in [3.05, 3.63) is 174 Å². The Balaban J connectivity index is 1.21. The molecular formula is C65H58BN3OS. The van der Waals surface area contributed by atoms with Gasteiger partial charge in [-0.25, -0.2) is 0 Å². The predicted molar refractivity (Wildman–Crippen MR) is 305 cm³/mol. The molecule has 3 aliphatic rings. The van der Waals surface area contributed by atoms with Crippen LogP contribution in [-0.4, -0.2) is 15.8 Å². The molecule has 0 spiro atoms. The van der Waals surface area contributed by atoms with Crippen molar-refractivity contribution < 1.29 is 4.74 Å². The Bertz CT molecular complexity index is 4120. The van der Waals surface area contributed by atoms with Crippen LogP contribution in [0.3, 0.4) is 0 Å². The van der Waals surface area contributed by atoms with E-state index in [0.717, 1.165) is 22.9 Å². The molecule has 0 unspecified atom stereocenters. The van der Waals surface area contributed by atoms with Crippen molar-refractivity contribution in [2.75, 3.05) is 4.90 Å². The van der Waals surface area contributed by atoms with Gasteiger partial charge in [0, 0.05) is 64.3 Å². The van der Waals surface area contributed by atoms with Crippen LogP contribution in [0.2, 0.25) is 0 Å². The first-order chi connectivity index (χ1) is 33.9. The summed E-state index contributed by atoms with van der Waals surface area (Å²) in [6.45, 7) is 25.6. The lowest BCUT2D eigenvalue weighted by atomic mass is 9.36. The van der Waals surface area contributed by atoms with E-state index in [0.29, 0.717) is 0 Å². The van der Waals surface area contributed by atoms with Gasteiger partial charge < -0.3 is 18.8 Å². The summed E-state index contributed by atoms with van der Waals surface area (Å²) in [7, 11) is 0. The molecule has 1 aliphatic carbocycles. The summed E-state index contributed by atoms with van der Waals surface area (Å²) in [5.41, 5.74) is 19.7. The highest BCUT2D eigenvalue weighted by molar-refractivity contribution is 7.33. The van der Waals surface area contributed by atoms with Gasteiger partial charge in [-0.3, -0.25) is 0 Å². The maximum atomic E-state index is 7.30. The highest BCUT2D eigenvalue weighted by Crippen LogP contribution is 2.54. The molecule has 0 amide bonds. The zero-order chi connectivity index (χ0) is 48.8. The van der Waals surface area contributed by atoms with Gasteiger partial charge in [-0.15, -0.1) is 11.3 Å². The first kappa shape index (κ1) is 42.8. The van der Waals surface area contributed by atoms with Crippen molar-refractivity contribution in [2.45, 2.75) is 97.9 Å². The first-order valence-corrected chi connectivity index (χ1v) is 26.3. The number of nitrogens with zero attached hydrogens (tertiary/aromatic N) is 3. The van der Waals surface area contributed by atoms with E-state index < -0.39 is 0 Å². The molecule has 14 rings (SSSR count). The molecule has 0 saturated heterocycles. The maximum absolute atomic E-state index is 7.30. The fourth-order valence-corrected chi connectivity index (χ4v) is 14.2. The average molecular weight is 940 g/mol. The minimum Gasteiger partial charge on any atom is -0.457 e. The van der Waals surface area contributed by atoms with E-state index in [1.54, 1.807) is 0 Å². The molecule has 0 saturated carbocycles. The number of aromatic nitrogens is 2. The molecule has 8 aromatic carbocycles. The minimum atomic E-state index is -0.244. The number of para-hydroxylation sites is 2. The van der Waals surface area contributed by atoms with E-state index in [1.165, 1.54) is 114 Å². The lowest BCUT2D eigenvalue weighted by Gasteiger charge is -2.41. The third-order valence-corrected chi connectivity index (χ3v) is 17.5. The second-order valence-corrected chi connectivity index (χ2v) is 25.2. The molecule has 3 aromatic heterocycles. The Morgan fingerprint density at radius 1 is 0.535 bits per heavy atom. The van der Waals surface area contributed by atoms with Crippen LogP contribution >= 0.6 is 11.3 Å². The first-order valence-electron chi connectivity index (χ1n) is 25.5. The summed E-state index contributed by atoms with van der Waals surface area (Å²) in [6.07, 6.45) is 0. The molecule has 0 N–H and O–H groups in total. The van der Waals surface area contributed by atoms with Gasteiger partial charge in [0.25, 0.3) is 6.71 Å². The minimum absolute atomic E-state index is 0.00383. The summed E-state index contributed by atoms with van der Waals surface area (Å²) in [5, 5.41) is 6.24. The van der Waals surface area contributed by atoms with E-state index in [4.69, 9.17) is 4.74 Å². The molecule has 0 atom stereocenters. The molecular weight excluding hydrogens is 882 g/mol. The second-order valence-electron chi connectivity index (χ2n) is 24.1. The van der Waals surface area contributed by atoms with Crippen LogP contribution in [0.1, 0.15) is 98.4 Å². The maximum Gasteiger partial charge on any atom is 0.269 e. The molecule has 11 aromatic rings. The number of benzene rings is 8. The van der Waals surface area contributed by atoms with Crippen molar-refractivity contribution >= 4 is 105 Å². The monoisotopic (exact) mass is 939 g/mol. The van der Waals surface area contributed by atoms with Crippen LogP contribution in [-0.2, 0) is 21.8 Å². The summed E-state index contributed by atoms with van der Waals surface area (Å²) < 4.78 is 15.1. The summed E-state index contributed by atoms with van der Waals surface area (Å²) in [6, 6.07) is 58.2. The SMILES string of the molecule is CC(C)(C)c1ccc(N2c3cccc4c3B(c3cc5c(c(-n6c7ccccc7c7cc8c(cc76)-c6ccccc6C8(C)C)c32)c2ccccc2n5C(C)(C)C)c2sc3ccc(C(C)(C)C)cc3c2O4)cc1. The van der Waals surface area contributed by atoms with Crippen LogP contribution in [0.5, 0.6) is 11.5 Å². The summed E-state index contributed by atoms with van der Waals surface area (Å²) in [5.74, 6) is 1.92. The van der Waals surface area contributed by atoms with Crippen LogP contribution in [0, 0.1) is 0 Å². The number of hydrogen-bond donors (Lipinski definition) is 0. The van der Waals surface area contributed by atoms with Gasteiger partial charge in [0.1, 0.15) is 11.5 Å². The Hall–Kier alpha value is -7.02. The highest BCUT2D eigenvalue weighted by Gasteiger charge is 2.47. The lowest BCUT2D eigenvalue weighted by Crippen LogP contribution is -2.59. The van der Waals surface area contributed by atoms with Crippen molar-refractivity contribution in [3.8, 4) is 28.3 Å². The molecule has 71 heavy (non-hydrogen) atoms. The smallest absolute Gasteiger partial charge is 0.269 e. The topological polar surface area (TPSA) is 22.3 Å². The van der Waals surface area contributed by atoms with Gasteiger partial charge in [-0.2, -0.15) is 0 Å². The lowest BCUT2D eigenvalue weighted by molar-refractivity contribution is 0.423. The Morgan fingerprint density at radius 3 is 1.97 bits per heavy atom. The van der Waals surface area contributed by atoms with Crippen molar-refractivity contribution in [2.24, 2.45) is 0 Å². The van der Waals surface area contributed by atoms with E-state index in [1.807, 2.05) is 11.3 Å². The fourth-order valence-electron chi connectivity index (χ4n) is 12.9. The molecule has 348 valence electrons. The normalized spacial score (nSPS) is 14.9. The molecule has 5 heterocycles. The van der Waals surface area contributed by atoms with Gasteiger partial charge in [-0.05, 0) is 143 Å². The summed E-state index contributed by atoms with van der Waals surface area (Å²) >= 11 is 1.90. The fraction of sp³-hybridized carbons (Fsp3) is 0.231. The highest BCUT2D eigenvalue weighted by atomic mass is 32.1. The second kappa shape index (κ2) is 14.1. The van der Waals surface area contributed by atoms with Gasteiger partial charge in [0.2, 0.25) is 0 Å². The summed E-state index contributed by atoms with van der Waals surface area (Å²) in [4.78, 5) is 2.60. The number of fused-ring (bicyclic) bond motifs is 15. The molecule has 0 fully saturated rings. The van der Waals surface area contributed by atoms with Crippen LogP contribution in [0.4, 0.5) is 17.1 Å². The van der Waals surface area contributed by atoms with Crippen molar-refractivity contribution in [1.82, 2.24) is 9.13 Å². The third-order valence-electron chi connectivity index (χ3n) is 16.3. The quantitative estimate of drug-likeness (QED) is 0.161. The van der Waals surface area contributed by atoms with Crippen LogP contribution in [0.25, 0.3) is 70.5 Å². The largest absolute Gasteiger partial charge is 0.457 e. The standard InChI is InChI=1S/C65H58BN3OS/c1-62(2,3)37-27-30-39(31-28-37)67-51-25-18-26-54-57(51)66(61-60(70-54)45-33-38(63(4,5)6)29-32-55(45)71-61)48-36-53-56(42-21-14-17-24-50(42)69(53)64(7,8)9)59(58(48)67)68-49-23-16-13-20-41(49)44-34-47-43(35-52(44)68)40-19-12-15-22-46(40)65(47,10)11/h12-36H,1-11H3. The predicted octanol–water partition coefficient (Wildman–Crippen LogP) is 16.2. The van der Waals surface area contributed by atoms with Crippen LogP contribution < -0.4 is 25.3 Å². The van der Waals surface area contributed by atoms with Crippen molar-refractivity contribution in [3.63, 3.8) is 0 Å². The average Bonchev–Trinajstić information content (AvgIpc) is 4.04. The van der Waals surface area contributed by atoms with Gasteiger partial charge >= 0.3 is 0 Å².